The summed E-state index contributed by atoms with van der Waals surface area (Å²) in [5, 5.41) is 15.3. The maximum Gasteiger partial charge on any atom is 0.314 e. The maximum atomic E-state index is 11.5. The Morgan fingerprint density at radius 3 is 2.76 bits per heavy atom. The Morgan fingerprint density at radius 2 is 2.10 bits per heavy atom. The Morgan fingerprint density at radius 1 is 1.33 bits per heavy atom. The lowest BCUT2D eigenvalue weighted by molar-refractivity contribution is -0.0290. The van der Waals surface area contributed by atoms with Gasteiger partial charge in [-0.25, -0.2) is 4.79 Å². The number of hydrogen-bond acceptors (Lipinski definition) is 3. The van der Waals surface area contributed by atoms with Gasteiger partial charge < -0.3 is 20.5 Å². The number of aliphatic hydroxyl groups is 1. The van der Waals surface area contributed by atoms with Crippen LogP contribution < -0.4 is 15.4 Å². The number of nitrogens with one attached hydrogen (secondary N) is 2. The molecule has 1 fully saturated rings. The average molecular weight is 292 g/mol. The van der Waals surface area contributed by atoms with Crippen LogP contribution in [0.25, 0.3) is 0 Å². The fraction of sp³-hybridized carbons (Fsp3) is 0.562. The first-order chi connectivity index (χ1) is 10.1. The first-order valence-corrected chi connectivity index (χ1v) is 7.52. The number of hydrogen-bond donors (Lipinski definition) is 3. The number of rotatable bonds is 7. The van der Waals surface area contributed by atoms with Crippen LogP contribution in [-0.2, 0) is 0 Å². The first-order valence-electron chi connectivity index (χ1n) is 7.52. The third-order valence-electron chi connectivity index (χ3n) is 3.82. The normalized spacial score (nSPS) is 15.9. The van der Waals surface area contributed by atoms with Crippen molar-refractivity contribution in [3.63, 3.8) is 0 Å². The molecule has 2 rings (SSSR count). The molecule has 1 aliphatic carbocycles. The zero-order valence-corrected chi connectivity index (χ0v) is 12.5. The van der Waals surface area contributed by atoms with Crippen molar-refractivity contribution in [1.82, 2.24) is 10.6 Å². The van der Waals surface area contributed by atoms with E-state index in [9.17, 15) is 9.90 Å². The van der Waals surface area contributed by atoms with Gasteiger partial charge in [0.25, 0.3) is 0 Å². The molecule has 0 saturated heterocycles. The molecule has 116 valence electrons. The lowest BCUT2D eigenvalue weighted by Gasteiger charge is -2.36. The van der Waals surface area contributed by atoms with Crippen LogP contribution >= 0.6 is 0 Å². The van der Waals surface area contributed by atoms with Crippen molar-refractivity contribution >= 4 is 6.03 Å². The predicted molar refractivity (Wildman–Crippen MR) is 81.5 cm³/mol. The predicted octanol–water partition coefficient (Wildman–Crippen LogP) is 1.98. The van der Waals surface area contributed by atoms with Gasteiger partial charge in [0.05, 0.1) is 12.2 Å². The van der Waals surface area contributed by atoms with Gasteiger partial charge in [-0.2, -0.15) is 0 Å². The van der Waals surface area contributed by atoms with E-state index in [1.165, 1.54) is 0 Å². The van der Waals surface area contributed by atoms with Gasteiger partial charge in [0.15, 0.2) is 0 Å². The van der Waals surface area contributed by atoms with Crippen molar-refractivity contribution in [3.05, 3.63) is 29.8 Å². The van der Waals surface area contributed by atoms with Gasteiger partial charge in [0.2, 0.25) is 0 Å². The van der Waals surface area contributed by atoms with Crippen molar-refractivity contribution in [1.29, 1.82) is 0 Å². The third kappa shape index (κ3) is 4.93. The van der Waals surface area contributed by atoms with Crippen molar-refractivity contribution in [2.24, 2.45) is 0 Å². The van der Waals surface area contributed by atoms with Crippen molar-refractivity contribution in [2.45, 2.75) is 38.2 Å². The van der Waals surface area contributed by atoms with Gasteiger partial charge in [-0.1, -0.05) is 18.2 Å². The highest BCUT2D eigenvalue weighted by Gasteiger charge is 2.34. The van der Waals surface area contributed by atoms with E-state index < -0.39 is 5.60 Å². The summed E-state index contributed by atoms with van der Waals surface area (Å²) in [5.74, 6) is 0.883. The van der Waals surface area contributed by atoms with Crippen LogP contribution in [0.5, 0.6) is 5.75 Å². The fourth-order valence-electron chi connectivity index (χ4n) is 2.24. The van der Waals surface area contributed by atoms with Gasteiger partial charge in [-0.3, -0.25) is 0 Å². The molecule has 1 aromatic rings. The molecule has 0 atom stereocenters. The summed E-state index contributed by atoms with van der Waals surface area (Å²) < 4.78 is 5.65. The minimum absolute atomic E-state index is 0.230. The Hall–Kier alpha value is -1.75. The highest BCUT2D eigenvalue weighted by molar-refractivity contribution is 5.73. The summed E-state index contributed by atoms with van der Waals surface area (Å²) in [6.45, 7) is 3.45. The number of urea groups is 1. The maximum absolute atomic E-state index is 11.5. The molecule has 0 spiro atoms. The van der Waals surface area contributed by atoms with Gasteiger partial charge in [0, 0.05) is 13.1 Å². The Balaban J connectivity index is 1.53. The molecule has 1 aromatic carbocycles. The largest absolute Gasteiger partial charge is 0.493 e. The van der Waals surface area contributed by atoms with Gasteiger partial charge in [-0.15, -0.1) is 0 Å². The van der Waals surface area contributed by atoms with Crippen LogP contribution in [-0.4, -0.2) is 36.4 Å². The number of benzene rings is 1. The molecular weight excluding hydrogens is 268 g/mol. The highest BCUT2D eigenvalue weighted by Crippen LogP contribution is 2.30. The molecule has 0 heterocycles. The van der Waals surface area contributed by atoms with E-state index in [-0.39, 0.29) is 6.03 Å². The van der Waals surface area contributed by atoms with E-state index in [0.29, 0.717) is 19.7 Å². The van der Waals surface area contributed by atoms with E-state index in [4.69, 9.17) is 4.74 Å². The summed E-state index contributed by atoms with van der Waals surface area (Å²) in [7, 11) is 0. The van der Waals surface area contributed by atoms with Gasteiger partial charge in [0.1, 0.15) is 5.75 Å². The molecular formula is C16H24N2O3. The molecule has 0 bridgehead atoms. The molecule has 0 aliphatic heterocycles. The van der Waals surface area contributed by atoms with E-state index in [0.717, 1.165) is 37.0 Å². The van der Waals surface area contributed by atoms with Crippen molar-refractivity contribution < 1.29 is 14.6 Å². The van der Waals surface area contributed by atoms with Crippen LogP contribution in [0.1, 0.15) is 31.2 Å². The summed E-state index contributed by atoms with van der Waals surface area (Å²) in [5.41, 5.74) is 0.433. The summed E-state index contributed by atoms with van der Waals surface area (Å²) in [6.07, 6.45) is 3.33. The smallest absolute Gasteiger partial charge is 0.314 e. The lowest BCUT2D eigenvalue weighted by atomic mass is 9.80. The van der Waals surface area contributed by atoms with E-state index in [1.54, 1.807) is 0 Å². The van der Waals surface area contributed by atoms with Crippen LogP contribution in [0.4, 0.5) is 4.79 Å². The first kappa shape index (κ1) is 15.6. The van der Waals surface area contributed by atoms with Gasteiger partial charge >= 0.3 is 6.03 Å². The molecule has 0 unspecified atom stereocenters. The Bertz CT molecular complexity index is 472. The number of ether oxygens (including phenoxy) is 1. The zero-order valence-electron chi connectivity index (χ0n) is 12.5. The number of para-hydroxylation sites is 1. The minimum atomic E-state index is -0.675. The fourth-order valence-corrected chi connectivity index (χ4v) is 2.24. The molecule has 5 heteroatoms. The third-order valence-corrected chi connectivity index (χ3v) is 3.82. The summed E-state index contributed by atoms with van der Waals surface area (Å²) in [4.78, 5) is 11.5. The van der Waals surface area contributed by atoms with Crippen LogP contribution in [0.2, 0.25) is 0 Å². The van der Waals surface area contributed by atoms with E-state index in [2.05, 4.69) is 10.6 Å². The van der Waals surface area contributed by atoms with Crippen LogP contribution in [0.15, 0.2) is 24.3 Å². The van der Waals surface area contributed by atoms with E-state index in [1.807, 2.05) is 31.2 Å². The second kappa shape index (κ2) is 7.31. The molecule has 0 radical (unpaired) electrons. The minimum Gasteiger partial charge on any atom is -0.493 e. The van der Waals surface area contributed by atoms with Gasteiger partial charge in [-0.05, 0) is 44.2 Å². The Kier molecular flexibility index (Phi) is 5.44. The second-order valence-corrected chi connectivity index (χ2v) is 5.65. The molecule has 3 N–H and O–H groups in total. The molecule has 21 heavy (non-hydrogen) atoms. The molecule has 1 saturated carbocycles. The van der Waals surface area contributed by atoms with Crippen molar-refractivity contribution in [2.75, 3.05) is 19.7 Å². The van der Waals surface area contributed by atoms with E-state index >= 15 is 0 Å². The topological polar surface area (TPSA) is 70.6 Å². The number of aryl methyl sites for hydroxylation is 1. The molecule has 2 amide bonds. The standard InChI is InChI=1S/C16H24N2O3/c1-13-6-2-3-7-14(13)21-11-5-10-17-15(19)18-12-16(20)8-4-9-16/h2-3,6-7,20H,4-5,8-12H2,1H3,(H2,17,18,19). The Labute approximate surface area is 125 Å². The highest BCUT2D eigenvalue weighted by atomic mass is 16.5. The number of amides is 2. The number of carbonyl (C=O) groups excluding carboxylic acids is 1. The monoisotopic (exact) mass is 292 g/mol. The molecule has 1 aliphatic rings. The summed E-state index contributed by atoms with van der Waals surface area (Å²) in [6, 6.07) is 7.64. The number of carbonyl (C=O) groups is 1. The van der Waals surface area contributed by atoms with Crippen molar-refractivity contribution in [3.8, 4) is 5.75 Å². The average Bonchev–Trinajstić information content (AvgIpc) is 2.44. The lowest BCUT2D eigenvalue weighted by Crippen LogP contribution is -2.50. The molecule has 5 nitrogen and oxygen atoms in total. The van der Waals surface area contributed by atoms with Crippen LogP contribution in [0, 0.1) is 6.92 Å². The second-order valence-electron chi connectivity index (χ2n) is 5.65. The SMILES string of the molecule is Cc1ccccc1OCCCNC(=O)NCC1(O)CCC1. The quantitative estimate of drug-likeness (QED) is 0.673. The van der Waals surface area contributed by atoms with Crippen LogP contribution in [0.3, 0.4) is 0 Å². The molecule has 0 aromatic heterocycles. The zero-order chi connectivity index (χ0) is 15.1. The summed E-state index contributed by atoms with van der Waals surface area (Å²) >= 11 is 0.